The summed E-state index contributed by atoms with van der Waals surface area (Å²) in [5.41, 5.74) is 0.949. The highest BCUT2D eigenvalue weighted by Gasteiger charge is 2.08. The number of hydrogen-bond acceptors (Lipinski definition) is 1. The van der Waals surface area contributed by atoms with E-state index < -0.39 is 5.82 Å². The lowest BCUT2D eigenvalue weighted by Crippen LogP contribution is -2.00. The molecule has 1 nitrogen and oxygen atoms in total. The van der Waals surface area contributed by atoms with Crippen molar-refractivity contribution in [2.24, 2.45) is 0 Å². The Hall–Kier alpha value is -1.61. The molecule has 0 atom stereocenters. The topological polar surface area (TPSA) is 9.23 Å². The Labute approximate surface area is 109 Å². The second-order valence-corrected chi connectivity index (χ2v) is 4.31. The summed E-state index contributed by atoms with van der Waals surface area (Å²) in [5, 5.41) is 0.315. The van der Waals surface area contributed by atoms with Crippen LogP contribution in [-0.2, 0) is 6.61 Å². The number of aryl methyl sites for hydroxylation is 1. The summed E-state index contributed by atoms with van der Waals surface area (Å²) in [6, 6.07) is 8.62. The van der Waals surface area contributed by atoms with Crippen molar-refractivity contribution in [3.05, 3.63) is 64.2 Å². The van der Waals surface area contributed by atoms with Crippen LogP contribution in [0.5, 0.6) is 5.75 Å². The van der Waals surface area contributed by atoms with E-state index in [0.717, 1.165) is 0 Å². The van der Waals surface area contributed by atoms with Gasteiger partial charge in [0.25, 0.3) is 0 Å². The van der Waals surface area contributed by atoms with Gasteiger partial charge in [-0.25, -0.2) is 8.78 Å². The molecular weight excluding hydrogens is 258 g/mol. The number of rotatable bonds is 3. The molecule has 0 unspecified atom stereocenters. The Kier molecular flexibility index (Phi) is 3.82. The molecule has 0 aromatic heterocycles. The average Bonchev–Trinajstić information content (AvgIpc) is 2.31. The van der Waals surface area contributed by atoms with Crippen molar-refractivity contribution >= 4 is 11.6 Å². The van der Waals surface area contributed by atoms with Crippen molar-refractivity contribution in [2.75, 3.05) is 0 Å². The van der Waals surface area contributed by atoms with Crippen molar-refractivity contribution < 1.29 is 13.5 Å². The molecule has 0 fully saturated rings. The first-order valence-corrected chi connectivity index (χ1v) is 5.77. The Morgan fingerprint density at radius 3 is 2.61 bits per heavy atom. The zero-order valence-electron chi connectivity index (χ0n) is 9.71. The molecule has 0 saturated heterocycles. The van der Waals surface area contributed by atoms with Crippen LogP contribution in [-0.4, -0.2) is 0 Å². The molecule has 2 rings (SSSR count). The zero-order chi connectivity index (χ0) is 13.1. The molecule has 94 valence electrons. The van der Waals surface area contributed by atoms with E-state index >= 15 is 0 Å². The molecule has 2 aromatic carbocycles. The maximum absolute atomic E-state index is 13.5. The molecule has 0 bridgehead atoms. The molecule has 0 aliphatic carbocycles. The Morgan fingerprint density at radius 1 is 1.17 bits per heavy atom. The molecule has 0 aliphatic rings. The SMILES string of the molecule is Cc1cc(F)ccc1OCc1c(F)cccc1Cl. The number of ether oxygens (including phenoxy) is 1. The van der Waals surface area contributed by atoms with E-state index in [1.165, 1.54) is 30.3 Å². The third kappa shape index (κ3) is 2.79. The van der Waals surface area contributed by atoms with Gasteiger partial charge in [-0.1, -0.05) is 17.7 Å². The molecule has 0 N–H and O–H groups in total. The largest absolute Gasteiger partial charge is 0.488 e. The van der Waals surface area contributed by atoms with Gasteiger partial charge in [-0.05, 0) is 42.8 Å². The van der Waals surface area contributed by atoms with Gasteiger partial charge in [0.15, 0.2) is 0 Å². The van der Waals surface area contributed by atoms with E-state index in [1.807, 2.05) is 0 Å². The fraction of sp³-hybridized carbons (Fsp3) is 0.143. The van der Waals surface area contributed by atoms with Gasteiger partial charge in [0.1, 0.15) is 24.0 Å². The van der Waals surface area contributed by atoms with Crippen LogP contribution in [0.15, 0.2) is 36.4 Å². The minimum atomic E-state index is -0.415. The lowest BCUT2D eigenvalue weighted by molar-refractivity contribution is 0.297. The summed E-state index contributed by atoms with van der Waals surface area (Å²) in [4.78, 5) is 0. The Morgan fingerprint density at radius 2 is 1.94 bits per heavy atom. The second-order valence-electron chi connectivity index (χ2n) is 3.90. The monoisotopic (exact) mass is 268 g/mol. The zero-order valence-corrected chi connectivity index (χ0v) is 10.5. The van der Waals surface area contributed by atoms with Crippen molar-refractivity contribution in [3.8, 4) is 5.75 Å². The number of hydrogen-bond donors (Lipinski definition) is 0. The van der Waals surface area contributed by atoms with Gasteiger partial charge in [0.2, 0.25) is 0 Å². The molecule has 0 heterocycles. The standard InChI is InChI=1S/C14H11ClF2O/c1-9-7-10(16)5-6-14(9)18-8-11-12(15)3-2-4-13(11)17/h2-7H,8H2,1H3. The summed E-state index contributed by atoms with van der Waals surface area (Å²) in [6.07, 6.45) is 0. The lowest BCUT2D eigenvalue weighted by Gasteiger charge is -2.10. The predicted octanol–water partition coefficient (Wildman–Crippen LogP) is 4.51. The molecule has 18 heavy (non-hydrogen) atoms. The second kappa shape index (κ2) is 5.36. The van der Waals surface area contributed by atoms with Crippen molar-refractivity contribution in [3.63, 3.8) is 0 Å². The molecule has 0 amide bonds. The van der Waals surface area contributed by atoms with Crippen LogP contribution in [0.2, 0.25) is 5.02 Å². The van der Waals surface area contributed by atoms with Crippen LogP contribution in [0.25, 0.3) is 0 Å². The molecular formula is C14H11ClF2O. The third-order valence-corrected chi connectivity index (χ3v) is 2.92. The Bertz CT molecular complexity index is 549. The van der Waals surface area contributed by atoms with E-state index in [4.69, 9.17) is 16.3 Å². The quantitative estimate of drug-likeness (QED) is 0.796. The average molecular weight is 269 g/mol. The van der Waals surface area contributed by atoms with Crippen LogP contribution < -0.4 is 4.74 Å². The highest BCUT2D eigenvalue weighted by Crippen LogP contribution is 2.23. The molecule has 2 aromatic rings. The maximum Gasteiger partial charge on any atom is 0.131 e. The van der Waals surface area contributed by atoms with Crippen molar-refractivity contribution in [1.82, 2.24) is 0 Å². The van der Waals surface area contributed by atoms with Crippen molar-refractivity contribution in [1.29, 1.82) is 0 Å². The van der Waals surface area contributed by atoms with Crippen LogP contribution in [0.4, 0.5) is 8.78 Å². The fourth-order valence-electron chi connectivity index (χ4n) is 1.59. The van der Waals surface area contributed by atoms with Crippen LogP contribution in [0.1, 0.15) is 11.1 Å². The van der Waals surface area contributed by atoms with Crippen LogP contribution >= 0.6 is 11.6 Å². The van der Waals surface area contributed by atoms with E-state index in [-0.39, 0.29) is 12.4 Å². The highest BCUT2D eigenvalue weighted by atomic mass is 35.5. The summed E-state index contributed by atoms with van der Waals surface area (Å²) < 4.78 is 31.8. The van der Waals surface area contributed by atoms with E-state index in [9.17, 15) is 8.78 Å². The fourth-order valence-corrected chi connectivity index (χ4v) is 1.81. The van der Waals surface area contributed by atoms with Gasteiger partial charge >= 0.3 is 0 Å². The van der Waals surface area contributed by atoms with Gasteiger partial charge in [-0.2, -0.15) is 0 Å². The minimum Gasteiger partial charge on any atom is -0.488 e. The summed E-state index contributed by atoms with van der Waals surface area (Å²) in [6.45, 7) is 1.74. The third-order valence-electron chi connectivity index (χ3n) is 2.57. The first-order valence-electron chi connectivity index (χ1n) is 5.40. The lowest BCUT2D eigenvalue weighted by atomic mass is 10.2. The normalized spacial score (nSPS) is 10.4. The summed E-state index contributed by atoms with van der Waals surface area (Å²) in [5.74, 6) is -0.234. The van der Waals surface area contributed by atoms with Gasteiger partial charge < -0.3 is 4.74 Å². The molecule has 4 heteroatoms. The first kappa shape index (κ1) is 12.8. The van der Waals surface area contributed by atoms with Gasteiger partial charge in [0, 0.05) is 5.56 Å². The predicted molar refractivity (Wildman–Crippen MR) is 66.9 cm³/mol. The highest BCUT2D eigenvalue weighted by molar-refractivity contribution is 6.31. The van der Waals surface area contributed by atoms with E-state index in [1.54, 1.807) is 13.0 Å². The van der Waals surface area contributed by atoms with Crippen LogP contribution in [0, 0.1) is 18.6 Å². The van der Waals surface area contributed by atoms with Gasteiger partial charge in [-0.15, -0.1) is 0 Å². The minimum absolute atomic E-state index is 0.0119. The van der Waals surface area contributed by atoms with E-state index in [0.29, 0.717) is 21.9 Å². The van der Waals surface area contributed by atoms with E-state index in [2.05, 4.69) is 0 Å². The molecule has 0 spiro atoms. The Balaban J connectivity index is 2.16. The summed E-state index contributed by atoms with van der Waals surface area (Å²) in [7, 11) is 0. The first-order chi connectivity index (χ1) is 8.58. The van der Waals surface area contributed by atoms with Crippen LogP contribution in [0.3, 0.4) is 0 Å². The number of halogens is 3. The van der Waals surface area contributed by atoms with Crippen molar-refractivity contribution in [2.45, 2.75) is 13.5 Å². The smallest absolute Gasteiger partial charge is 0.131 e. The molecule has 0 aliphatic heterocycles. The maximum atomic E-state index is 13.5. The van der Waals surface area contributed by atoms with Gasteiger partial charge in [-0.3, -0.25) is 0 Å². The summed E-state index contributed by atoms with van der Waals surface area (Å²) >= 11 is 5.88. The number of benzene rings is 2. The van der Waals surface area contributed by atoms with Gasteiger partial charge in [0.05, 0.1) is 5.02 Å². The molecule has 0 radical (unpaired) electrons. The molecule has 0 saturated carbocycles.